The van der Waals surface area contributed by atoms with Gasteiger partial charge in [-0.3, -0.25) is 19.3 Å². The molecule has 0 aromatic heterocycles. The number of ether oxygens (including phenoxy) is 3. The number of nitrogens with zero attached hydrogens (tertiary/aromatic N) is 2. The summed E-state index contributed by atoms with van der Waals surface area (Å²) in [5, 5.41) is 0. The lowest BCUT2D eigenvalue weighted by Crippen LogP contribution is -2.56. The summed E-state index contributed by atoms with van der Waals surface area (Å²) in [7, 11) is 6.33. The van der Waals surface area contributed by atoms with Crippen LogP contribution in [0.15, 0.2) is 24.3 Å². The fourth-order valence-corrected chi connectivity index (χ4v) is 6.46. The summed E-state index contributed by atoms with van der Waals surface area (Å²) in [5.41, 5.74) is 0.881. The highest BCUT2D eigenvalue weighted by molar-refractivity contribution is 6.08. The van der Waals surface area contributed by atoms with E-state index in [1.807, 2.05) is 31.3 Å². The molecule has 7 atom stereocenters. The zero-order valence-electron chi connectivity index (χ0n) is 16.8. The van der Waals surface area contributed by atoms with E-state index < -0.39 is 41.5 Å². The maximum Gasteiger partial charge on any atom is 0.312 e. The van der Waals surface area contributed by atoms with Crippen LogP contribution in [0.2, 0.25) is 0 Å². The van der Waals surface area contributed by atoms with Gasteiger partial charge in [0.25, 0.3) is 5.91 Å². The number of fused-ring (bicyclic) bond motifs is 8. The third-order valence-electron chi connectivity index (χ3n) is 7.47. The number of likely N-dealkylation sites (N-methyl/N-ethyl adjacent to an activating group) is 2. The molecule has 8 heteroatoms. The molecule has 1 spiro atoms. The molecule has 0 N–H and O–H groups in total. The topological polar surface area (TPSA) is 85.4 Å². The SMILES string of the molecule is COC(=O)C1C(C(=O)OC)[C@H]2O[C@H]1C1C2CN(C)[C@@]12C(=O)N(C)c1ccccc12. The van der Waals surface area contributed by atoms with Crippen molar-refractivity contribution in [1.29, 1.82) is 0 Å². The van der Waals surface area contributed by atoms with Crippen LogP contribution < -0.4 is 4.90 Å². The number of carbonyl (C=O) groups is 3. The first-order chi connectivity index (χ1) is 13.9. The van der Waals surface area contributed by atoms with Crippen LogP contribution in [0, 0.1) is 23.7 Å². The third-order valence-corrected chi connectivity index (χ3v) is 7.47. The first kappa shape index (κ1) is 18.6. The molecule has 0 aliphatic carbocycles. The molecule has 154 valence electrons. The number of likely N-dealkylation sites (tertiary alicyclic amines) is 1. The van der Waals surface area contributed by atoms with Crippen LogP contribution >= 0.6 is 0 Å². The largest absolute Gasteiger partial charge is 0.469 e. The van der Waals surface area contributed by atoms with Crippen molar-refractivity contribution in [3.63, 3.8) is 0 Å². The van der Waals surface area contributed by atoms with Gasteiger partial charge >= 0.3 is 11.9 Å². The normalized spacial score (nSPS) is 39.7. The predicted octanol–water partition coefficient (Wildman–Crippen LogP) is 0.396. The van der Waals surface area contributed by atoms with Gasteiger partial charge < -0.3 is 19.1 Å². The number of para-hydroxylation sites is 1. The second-order valence-corrected chi connectivity index (χ2v) is 8.38. The van der Waals surface area contributed by atoms with Gasteiger partial charge in [0.05, 0.1) is 38.3 Å². The molecular weight excluding hydrogens is 376 g/mol. The van der Waals surface area contributed by atoms with Gasteiger partial charge in [-0.15, -0.1) is 0 Å². The van der Waals surface area contributed by atoms with Gasteiger partial charge in [-0.25, -0.2) is 0 Å². The van der Waals surface area contributed by atoms with Gasteiger partial charge in [0.2, 0.25) is 0 Å². The molecule has 8 nitrogen and oxygen atoms in total. The van der Waals surface area contributed by atoms with Crippen LogP contribution in [-0.4, -0.2) is 69.8 Å². The molecule has 4 unspecified atom stereocenters. The van der Waals surface area contributed by atoms with Crippen molar-refractivity contribution in [2.24, 2.45) is 23.7 Å². The highest BCUT2D eigenvalue weighted by Gasteiger charge is 2.76. The Hall–Kier alpha value is -2.45. The Labute approximate surface area is 168 Å². The van der Waals surface area contributed by atoms with Gasteiger partial charge in [-0.2, -0.15) is 0 Å². The molecule has 0 saturated carbocycles. The molecule has 5 rings (SSSR count). The Morgan fingerprint density at radius 1 is 1.07 bits per heavy atom. The van der Waals surface area contributed by atoms with Gasteiger partial charge in [0.15, 0.2) is 0 Å². The van der Waals surface area contributed by atoms with E-state index in [1.54, 1.807) is 11.9 Å². The number of carbonyl (C=O) groups excluding carboxylic acids is 3. The summed E-state index contributed by atoms with van der Waals surface area (Å²) >= 11 is 0. The van der Waals surface area contributed by atoms with E-state index in [0.717, 1.165) is 11.3 Å². The Morgan fingerprint density at radius 3 is 2.34 bits per heavy atom. The summed E-state index contributed by atoms with van der Waals surface area (Å²) in [6, 6.07) is 7.76. The lowest BCUT2D eigenvalue weighted by molar-refractivity contribution is -0.160. The van der Waals surface area contributed by atoms with Crippen LogP contribution in [-0.2, 0) is 34.1 Å². The number of anilines is 1. The monoisotopic (exact) mass is 400 g/mol. The highest BCUT2D eigenvalue weighted by Crippen LogP contribution is 2.64. The molecule has 4 aliphatic heterocycles. The van der Waals surface area contributed by atoms with Crippen LogP contribution in [0.3, 0.4) is 0 Å². The highest BCUT2D eigenvalue weighted by atomic mass is 16.6. The summed E-state index contributed by atoms with van der Waals surface area (Å²) in [6.07, 6.45) is -1.07. The molecule has 1 amide bonds. The van der Waals surface area contributed by atoms with Crippen molar-refractivity contribution >= 4 is 23.5 Å². The van der Waals surface area contributed by atoms with Crippen LogP contribution in [0.1, 0.15) is 5.56 Å². The van der Waals surface area contributed by atoms with Crippen molar-refractivity contribution in [3.8, 4) is 0 Å². The van der Waals surface area contributed by atoms with E-state index in [0.29, 0.717) is 6.54 Å². The Balaban J connectivity index is 1.67. The minimum atomic E-state index is -0.914. The first-order valence-electron chi connectivity index (χ1n) is 9.79. The molecule has 1 aromatic carbocycles. The number of methoxy groups -OCH3 is 2. The Bertz CT molecular complexity index is 918. The van der Waals surface area contributed by atoms with Crippen molar-refractivity contribution in [3.05, 3.63) is 29.8 Å². The average molecular weight is 400 g/mol. The standard InChI is InChI=1S/C21H24N2O6/c1-22-9-10-15(21(22)11-7-5-6-8-12(11)23(2)20(21)26)17-14(19(25)28-4)13(16(10)29-17)18(24)27-3/h5-8,10,13-17H,9H2,1-4H3/t10?,13?,14?,15?,16-,17+,21+/m0/s1. The maximum absolute atomic E-state index is 13.7. The molecular formula is C21H24N2O6. The average Bonchev–Trinajstić information content (AvgIpc) is 3.43. The molecule has 3 fully saturated rings. The summed E-state index contributed by atoms with van der Waals surface area (Å²) in [5.74, 6) is -2.80. The van der Waals surface area contributed by atoms with Gasteiger partial charge in [0, 0.05) is 36.7 Å². The van der Waals surface area contributed by atoms with Gasteiger partial charge in [-0.1, -0.05) is 18.2 Å². The lowest BCUT2D eigenvalue weighted by Gasteiger charge is -2.40. The summed E-state index contributed by atoms with van der Waals surface area (Å²) < 4.78 is 16.2. The summed E-state index contributed by atoms with van der Waals surface area (Å²) in [6.45, 7) is 0.598. The van der Waals surface area contributed by atoms with Crippen LogP contribution in [0.4, 0.5) is 5.69 Å². The zero-order valence-corrected chi connectivity index (χ0v) is 16.8. The smallest absolute Gasteiger partial charge is 0.312 e. The van der Waals surface area contributed by atoms with E-state index in [4.69, 9.17) is 14.2 Å². The fraction of sp³-hybridized carbons (Fsp3) is 0.571. The molecule has 0 radical (unpaired) electrons. The molecule has 2 bridgehead atoms. The Kier molecular flexibility index (Phi) is 3.86. The van der Waals surface area contributed by atoms with Gasteiger partial charge in [-0.05, 0) is 13.1 Å². The van der Waals surface area contributed by atoms with Gasteiger partial charge in [0.1, 0.15) is 5.54 Å². The zero-order chi connectivity index (χ0) is 20.7. The quantitative estimate of drug-likeness (QED) is 0.664. The van der Waals surface area contributed by atoms with Crippen molar-refractivity contribution < 1.29 is 28.6 Å². The third kappa shape index (κ3) is 1.98. The minimum Gasteiger partial charge on any atom is -0.469 e. The van der Waals surface area contributed by atoms with Crippen LogP contribution in [0.5, 0.6) is 0 Å². The van der Waals surface area contributed by atoms with Crippen molar-refractivity contribution in [2.45, 2.75) is 17.7 Å². The molecule has 3 saturated heterocycles. The minimum absolute atomic E-state index is 0.0249. The molecule has 1 aromatic rings. The number of amides is 1. The van der Waals surface area contributed by atoms with E-state index >= 15 is 0 Å². The fourth-order valence-electron chi connectivity index (χ4n) is 6.46. The van der Waals surface area contributed by atoms with E-state index in [2.05, 4.69) is 4.90 Å². The number of benzene rings is 1. The maximum atomic E-state index is 13.7. The second kappa shape index (κ2) is 6.03. The number of esters is 2. The first-order valence-corrected chi connectivity index (χ1v) is 9.79. The molecule has 4 aliphatic rings. The number of rotatable bonds is 2. The predicted molar refractivity (Wildman–Crippen MR) is 101 cm³/mol. The lowest BCUT2D eigenvalue weighted by atomic mass is 9.62. The second-order valence-electron chi connectivity index (χ2n) is 8.38. The number of hydrogen-bond acceptors (Lipinski definition) is 7. The Morgan fingerprint density at radius 2 is 1.69 bits per heavy atom. The van der Waals surface area contributed by atoms with Crippen LogP contribution in [0.25, 0.3) is 0 Å². The number of hydrogen-bond donors (Lipinski definition) is 0. The van der Waals surface area contributed by atoms with E-state index in [9.17, 15) is 14.4 Å². The van der Waals surface area contributed by atoms with E-state index in [-0.39, 0.29) is 17.7 Å². The molecule has 4 heterocycles. The van der Waals surface area contributed by atoms with Crippen molar-refractivity contribution in [2.75, 3.05) is 39.8 Å². The summed E-state index contributed by atoms with van der Waals surface area (Å²) in [4.78, 5) is 42.6. The van der Waals surface area contributed by atoms with Crippen molar-refractivity contribution in [1.82, 2.24) is 4.90 Å². The van der Waals surface area contributed by atoms with E-state index in [1.165, 1.54) is 14.2 Å². The molecule has 29 heavy (non-hydrogen) atoms.